The van der Waals surface area contributed by atoms with E-state index >= 15 is 0 Å². The largest absolute Gasteiger partial charge is 0.481 e. The fourth-order valence-corrected chi connectivity index (χ4v) is 3.93. The van der Waals surface area contributed by atoms with E-state index in [1.807, 2.05) is 0 Å². The van der Waals surface area contributed by atoms with Gasteiger partial charge in [0.15, 0.2) is 9.84 Å². The summed E-state index contributed by atoms with van der Waals surface area (Å²) in [6, 6.07) is 3.26. The lowest BCUT2D eigenvalue weighted by Gasteiger charge is -2.09. The molecule has 1 atom stereocenters. The van der Waals surface area contributed by atoms with E-state index in [0.29, 0.717) is 9.21 Å². The SMILES string of the molecule is CC(CC(=O)O)S(=O)(=O)Cc1ccc(Cl)s1. The zero-order valence-corrected chi connectivity index (χ0v) is 10.9. The summed E-state index contributed by atoms with van der Waals surface area (Å²) < 4.78 is 24.0. The molecule has 0 amide bonds. The van der Waals surface area contributed by atoms with Gasteiger partial charge in [-0.25, -0.2) is 8.42 Å². The summed E-state index contributed by atoms with van der Waals surface area (Å²) in [6.45, 7) is 1.40. The fourth-order valence-electron chi connectivity index (χ4n) is 1.14. The van der Waals surface area contributed by atoms with Crippen LogP contribution < -0.4 is 0 Å². The van der Waals surface area contributed by atoms with Crippen molar-refractivity contribution in [1.82, 2.24) is 0 Å². The van der Waals surface area contributed by atoms with Crippen LogP contribution >= 0.6 is 22.9 Å². The molecule has 0 radical (unpaired) electrons. The molecule has 0 aliphatic rings. The van der Waals surface area contributed by atoms with Crippen LogP contribution in [0.25, 0.3) is 0 Å². The molecule has 1 rings (SSSR count). The van der Waals surface area contributed by atoms with Gasteiger partial charge in [-0.1, -0.05) is 11.6 Å². The molecule has 0 aromatic carbocycles. The van der Waals surface area contributed by atoms with Crippen LogP contribution in [0.3, 0.4) is 0 Å². The summed E-state index contributed by atoms with van der Waals surface area (Å²) in [6.07, 6.45) is -0.374. The number of sulfone groups is 1. The molecule has 1 heterocycles. The van der Waals surface area contributed by atoms with Gasteiger partial charge in [0.25, 0.3) is 0 Å². The number of aliphatic carboxylic acids is 1. The predicted molar refractivity (Wildman–Crippen MR) is 63.7 cm³/mol. The molecule has 1 unspecified atom stereocenters. The first-order valence-corrected chi connectivity index (χ1v) is 7.40. The molecular formula is C9H11ClO4S2. The minimum absolute atomic E-state index is 0.154. The van der Waals surface area contributed by atoms with Gasteiger partial charge >= 0.3 is 5.97 Å². The van der Waals surface area contributed by atoms with Crippen molar-refractivity contribution >= 4 is 38.7 Å². The smallest absolute Gasteiger partial charge is 0.304 e. The number of rotatable bonds is 5. The molecule has 90 valence electrons. The highest BCUT2D eigenvalue weighted by Crippen LogP contribution is 2.24. The second-order valence-electron chi connectivity index (χ2n) is 3.42. The molecule has 0 bridgehead atoms. The van der Waals surface area contributed by atoms with Crippen LogP contribution in [0.1, 0.15) is 18.2 Å². The Morgan fingerprint density at radius 3 is 2.62 bits per heavy atom. The molecule has 0 spiro atoms. The zero-order chi connectivity index (χ0) is 12.3. The van der Waals surface area contributed by atoms with Crippen LogP contribution in [0, 0.1) is 0 Å². The molecule has 1 aromatic rings. The summed E-state index contributed by atoms with van der Waals surface area (Å²) in [7, 11) is -3.42. The van der Waals surface area contributed by atoms with Crippen LogP contribution in [0.15, 0.2) is 12.1 Å². The summed E-state index contributed by atoms with van der Waals surface area (Å²) >= 11 is 6.87. The third kappa shape index (κ3) is 3.77. The van der Waals surface area contributed by atoms with E-state index in [1.54, 1.807) is 12.1 Å². The van der Waals surface area contributed by atoms with Crippen molar-refractivity contribution in [1.29, 1.82) is 0 Å². The molecule has 4 nitrogen and oxygen atoms in total. The van der Waals surface area contributed by atoms with Gasteiger partial charge in [0.05, 0.1) is 21.8 Å². The van der Waals surface area contributed by atoms with Crippen LogP contribution in [0.2, 0.25) is 4.34 Å². The molecule has 0 saturated carbocycles. The van der Waals surface area contributed by atoms with Gasteiger partial charge in [-0.2, -0.15) is 0 Å². The summed E-state index contributed by atoms with van der Waals surface area (Å²) in [5.74, 6) is -1.26. The fraction of sp³-hybridized carbons (Fsp3) is 0.444. The maximum atomic E-state index is 11.7. The third-order valence-electron chi connectivity index (χ3n) is 2.05. The van der Waals surface area contributed by atoms with E-state index < -0.39 is 21.1 Å². The van der Waals surface area contributed by atoms with Crippen LogP contribution in [-0.2, 0) is 20.4 Å². The van der Waals surface area contributed by atoms with Gasteiger partial charge in [-0.3, -0.25) is 4.79 Å². The monoisotopic (exact) mass is 282 g/mol. The number of hydrogen-bond acceptors (Lipinski definition) is 4. The number of thiophene rings is 1. The Morgan fingerprint density at radius 2 is 2.19 bits per heavy atom. The number of halogens is 1. The average molecular weight is 283 g/mol. The van der Waals surface area contributed by atoms with Crippen molar-refractivity contribution in [3.8, 4) is 0 Å². The van der Waals surface area contributed by atoms with Crippen LogP contribution in [0.4, 0.5) is 0 Å². The lowest BCUT2D eigenvalue weighted by molar-refractivity contribution is -0.136. The summed E-state index contributed by atoms with van der Waals surface area (Å²) in [5.41, 5.74) is 0. The van der Waals surface area contributed by atoms with Crippen molar-refractivity contribution in [2.75, 3.05) is 0 Å². The highest BCUT2D eigenvalue weighted by Gasteiger charge is 2.24. The third-order valence-corrected chi connectivity index (χ3v) is 5.57. The van der Waals surface area contributed by atoms with Crippen molar-refractivity contribution in [2.24, 2.45) is 0 Å². The van der Waals surface area contributed by atoms with Gasteiger partial charge in [-0.05, 0) is 19.1 Å². The predicted octanol–water partition coefficient (Wildman–Crippen LogP) is 2.18. The summed E-state index contributed by atoms with van der Waals surface area (Å²) in [4.78, 5) is 11.1. The number of carbonyl (C=O) groups is 1. The van der Waals surface area contributed by atoms with E-state index in [-0.39, 0.29) is 12.2 Å². The maximum Gasteiger partial charge on any atom is 0.304 e. The van der Waals surface area contributed by atoms with Crippen molar-refractivity contribution < 1.29 is 18.3 Å². The van der Waals surface area contributed by atoms with Gasteiger partial charge in [-0.15, -0.1) is 11.3 Å². The Labute approximate surface area is 103 Å². The van der Waals surface area contributed by atoms with E-state index in [2.05, 4.69) is 0 Å². The Hall–Kier alpha value is -0.590. The highest BCUT2D eigenvalue weighted by molar-refractivity contribution is 7.91. The first-order valence-electron chi connectivity index (χ1n) is 4.49. The molecule has 0 aliphatic carbocycles. The molecule has 0 aliphatic heterocycles. The van der Waals surface area contributed by atoms with Crippen LogP contribution in [0.5, 0.6) is 0 Å². The lowest BCUT2D eigenvalue weighted by atomic mass is 10.3. The lowest BCUT2D eigenvalue weighted by Crippen LogP contribution is -2.22. The highest BCUT2D eigenvalue weighted by atomic mass is 35.5. The average Bonchev–Trinajstić information content (AvgIpc) is 2.49. The van der Waals surface area contributed by atoms with E-state index in [4.69, 9.17) is 16.7 Å². The molecule has 0 fully saturated rings. The molecule has 16 heavy (non-hydrogen) atoms. The maximum absolute atomic E-state index is 11.7. The Balaban J connectivity index is 2.75. The van der Waals surface area contributed by atoms with E-state index in [1.165, 1.54) is 18.3 Å². The van der Waals surface area contributed by atoms with Crippen molar-refractivity contribution in [3.63, 3.8) is 0 Å². The summed E-state index contributed by atoms with van der Waals surface area (Å²) in [5, 5.41) is 7.65. The first kappa shape index (κ1) is 13.5. The number of carboxylic acids is 1. The van der Waals surface area contributed by atoms with Gasteiger partial charge in [0.1, 0.15) is 0 Å². The first-order chi connectivity index (χ1) is 7.31. The Bertz CT molecular complexity index is 477. The van der Waals surface area contributed by atoms with Gasteiger partial charge < -0.3 is 5.11 Å². The Kier molecular flexibility index (Phi) is 4.35. The molecule has 0 saturated heterocycles. The van der Waals surface area contributed by atoms with Crippen molar-refractivity contribution in [3.05, 3.63) is 21.3 Å². The van der Waals surface area contributed by atoms with Crippen molar-refractivity contribution in [2.45, 2.75) is 24.3 Å². The molecular weight excluding hydrogens is 272 g/mol. The van der Waals surface area contributed by atoms with Gasteiger partial charge in [0.2, 0.25) is 0 Å². The van der Waals surface area contributed by atoms with E-state index in [0.717, 1.165) is 0 Å². The van der Waals surface area contributed by atoms with Crippen LogP contribution in [-0.4, -0.2) is 24.7 Å². The molecule has 7 heteroatoms. The second kappa shape index (κ2) is 5.16. The number of hydrogen-bond donors (Lipinski definition) is 1. The zero-order valence-electron chi connectivity index (χ0n) is 8.51. The Morgan fingerprint density at radius 1 is 1.56 bits per heavy atom. The number of carboxylic acid groups (broad SMARTS) is 1. The normalized spacial score (nSPS) is 13.6. The second-order valence-corrected chi connectivity index (χ2v) is 7.64. The molecule has 1 N–H and O–H groups in total. The molecule has 1 aromatic heterocycles. The minimum atomic E-state index is -3.42. The minimum Gasteiger partial charge on any atom is -0.481 e. The standard InChI is InChI=1S/C9H11ClO4S2/c1-6(4-9(11)12)16(13,14)5-7-2-3-8(10)15-7/h2-3,6H,4-5H2,1H3,(H,11,12). The van der Waals surface area contributed by atoms with Gasteiger partial charge in [0, 0.05) is 4.88 Å². The van der Waals surface area contributed by atoms with E-state index in [9.17, 15) is 13.2 Å². The quantitative estimate of drug-likeness (QED) is 0.898. The topological polar surface area (TPSA) is 71.4 Å².